The van der Waals surface area contributed by atoms with Crippen LogP contribution in [0.5, 0.6) is 5.88 Å². The van der Waals surface area contributed by atoms with Gasteiger partial charge in [-0.1, -0.05) is 49.4 Å². The van der Waals surface area contributed by atoms with E-state index in [2.05, 4.69) is 73.3 Å². The predicted octanol–water partition coefficient (Wildman–Crippen LogP) is 4.72. The molecule has 1 aliphatic rings. The summed E-state index contributed by atoms with van der Waals surface area (Å²) in [6.07, 6.45) is 1.16. The van der Waals surface area contributed by atoms with Crippen molar-refractivity contribution in [1.82, 2.24) is 9.88 Å². The molecule has 4 rings (SSSR count). The van der Waals surface area contributed by atoms with E-state index in [1.54, 1.807) is 0 Å². The van der Waals surface area contributed by atoms with Gasteiger partial charge < -0.3 is 4.74 Å². The summed E-state index contributed by atoms with van der Waals surface area (Å²) in [7, 11) is 0. The van der Waals surface area contributed by atoms with Crippen LogP contribution in [0.25, 0.3) is 10.9 Å². The zero-order chi connectivity index (χ0) is 17.2. The van der Waals surface area contributed by atoms with Gasteiger partial charge in [-0.2, -0.15) is 0 Å². The largest absolute Gasteiger partial charge is 0.473 e. The van der Waals surface area contributed by atoms with E-state index in [0.29, 0.717) is 0 Å². The molecule has 0 spiro atoms. The van der Waals surface area contributed by atoms with Crippen molar-refractivity contribution >= 4 is 10.9 Å². The summed E-state index contributed by atoms with van der Waals surface area (Å²) in [5, 5.41) is 1.18. The van der Waals surface area contributed by atoms with Gasteiger partial charge in [0.05, 0.1) is 5.52 Å². The highest BCUT2D eigenvalue weighted by molar-refractivity contribution is 5.80. The van der Waals surface area contributed by atoms with Crippen LogP contribution in [0.2, 0.25) is 0 Å². The summed E-state index contributed by atoms with van der Waals surface area (Å²) >= 11 is 0. The van der Waals surface area contributed by atoms with Crippen molar-refractivity contribution in [2.24, 2.45) is 0 Å². The number of nitrogens with zero attached hydrogens (tertiary/aromatic N) is 2. The molecule has 3 heteroatoms. The summed E-state index contributed by atoms with van der Waals surface area (Å²) < 4.78 is 6.27. The van der Waals surface area contributed by atoms with Crippen LogP contribution in [0.1, 0.15) is 30.0 Å². The number of ether oxygens (including phenoxy) is 1. The molecular formula is C22H24N2O. The van der Waals surface area contributed by atoms with E-state index in [-0.39, 0.29) is 6.10 Å². The molecule has 0 aliphatic carbocycles. The van der Waals surface area contributed by atoms with Crippen LogP contribution < -0.4 is 4.74 Å². The molecule has 1 unspecified atom stereocenters. The molecule has 2 aromatic carbocycles. The fraction of sp³-hybridized carbons (Fsp3) is 0.318. The number of hydrogen-bond acceptors (Lipinski definition) is 3. The molecule has 1 atom stereocenters. The molecule has 0 saturated heterocycles. The SMILES string of the molecule is CCC1CN(Cc2ccccc2)Cc2cc3ccc(C)cc3nc2O1. The zero-order valence-electron chi connectivity index (χ0n) is 14.9. The maximum atomic E-state index is 6.27. The van der Waals surface area contributed by atoms with Crippen LogP contribution in [0.15, 0.2) is 54.6 Å². The number of benzene rings is 2. The van der Waals surface area contributed by atoms with Gasteiger partial charge >= 0.3 is 0 Å². The van der Waals surface area contributed by atoms with Crippen LogP contribution in [-0.2, 0) is 13.1 Å². The zero-order valence-corrected chi connectivity index (χ0v) is 14.9. The third-order valence-electron chi connectivity index (χ3n) is 4.85. The lowest BCUT2D eigenvalue weighted by molar-refractivity contribution is 0.136. The van der Waals surface area contributed by atoms with Gasteiger partial charge in [0.2, 0.25) is 5.88 Å². The number of aromatic nitrogens is 1. The fourth-order valence-electron chi connectivity index (χ4n) is 3.48. The third kappa shape index (κ3) is 3.52. The van der Waals surface area contributed by atoms with E-state index < -0.39 is 0 Å². The minimum absolute atomic E-state index is 0.180. The van der Waals surface area contributed by atoms with Crippen LogP contribution in [-0.4, -0.2) is 22.5 Å². The summed E-state index contributed by atoms with van der Waals surface area (Å²) in [6.45, 7) is 7.02. The maximum Gasteiger partial charge on any atom is 0.218 e. The Labute approximate surface area is 149 Å². The van der Waals surface area contributed by atoms with Crippen molar-refractivity contribution in [3.63, 3.8) is 0 Å². The topological polar surface area (TPSA) is 25.4 Å². The standard InChI is InChI=1S/C22H24N2O/c1-3-20-15-24(13-17-7-5-4-6-8-17)14-19-12-18-10-9-16(2)11-21(18)23-22(19)25-20/h4-12,20H,3,13-15H2,1-2H3. The molecule has 128 valence electrons. The van der Waals surface area contributed by atoms with Crippen LogP contribution in [0, 0.1) is 6.92 Å². The smallest absolute Gasteiger partial charge is 0.218 e. The second-order valence-corrected chi connectivity index (χ2v) is 6.95. The molecule has 1 aromatic heterocycles. The van der Waals surface area contributed by atoms with E-state index in [4.69, 9.17) is 9.72 Å². The first-order chi connectivity index (χ1) is 12.2. The maximum absolute atomic E-state index is 6.27. The lowest BCUT2D eigenvalue weighted by Crippen LogP contribution is -2.32. The van der Waals surface area contributed by atoms with Crippen molar-refractivity contribution in [2.75, 3.05) is 6.54 Å². The second kappa shape index (κ2) is 6.85. The minimum atomic E-state index is 0.180. The van der Waals surface area contributed by atoms with Crippen molar-refractivity contribution in [3.8, 4) is 5.88 Å². The molecule has 3 aromatic rings. The van der Waals surface area contributed by atoms with E-state index in [9.17, 15) is 0 Å². The summed E-state index contributed by atoms with van der Waals surface area (Å²) in [5.41, 5.74) is 4.77. The fourth-order valence-corrected chi connectivity index (χ4v) is 3.48. The van der Waals surface area contributed by atoms with Gasteiger partial charge in [0.15, 0.2) is 0 Å². The molecule has 1 aliphatic heterocycles. The van der Waals surface area contributed by atoms with Gasteiger partial charge in [-0.3, -0.25) is 4.90 Å². The monoisotopic (exact) mass is 332 g/mol. The number of aryl methyl sites for hydroxylation is 1. The molecule has 0 radical (unpaired) electrons. The van der Waals surface area contributed by atoms with Crippen LogP contribution in [0.3, 0.4) is 0 Å². The molecule has 0 amide bonds. The Bertz CT molecular complexity index is 876. The highest BCUT2D eigenvalue weighted by Gasteiger charge is 2.23. The van der Waals surface area contributed by atoms with E-state index in [1.807, 2.05) is 0 Å². The van der Waals surface area contributed by atoms with Crippen molar-refractivity contribution in [3.05, 3.63) is 71.3 Å². The van der Waals surface area contributed by atoms with Crippen molar-refractivity contribution < 1.29 is 4.74 Å². The molecular weight excluding hydrogens is 308 g/mol. The van der Waals surface area contributed by atoms with Gasteiger partial charge in [0.25, 0.3) is 0 Å². The molecule has 0 fully saturated rings. The lowest BCUT2D eigenvalue weighted by atomic mass is 10.1. The average Bonchev–Trinajstić information content (AvgIpc) is 2.79. The Kier molecular flexibility index (Phi) is 4.41. The summed E-state index contributed by atoms with van der Waals surface area (Å²) in [5.74, 6) is 0.806. The first-order valence-corrected chi connectivity index (χ1v) is 9.04. The van der Waals surface area contributed by atoms with Gasteiger partial charge in [-0.15, -0.1) is 0 Å². The molecule has 25 heavy (non-hydrogen) atoms. The van der Waals surface area contributed by atoms with Gasteiger partial charge in [0, 0.05) is 30.6 Å². The highest BCUT2D eigenvalue weighted by Crippen LogP contribution is 2.29. The van der Waals surface area contributed by atoms with Gasteiger partial charge in [0.1, 0.15) is 6.10 Å². The second-order valence-electron chi connectivity index (χ2n) is 6.95. The third-order valence-corrected chi connectivity index (χ3v) is 4.85. The Morgan fingerprint density at radius 3 is 2.76 bits per heavy atom. The highest BCUT2D eigenvalue weighted by atomic mass is 16.5. The number of pyridine rings is 1. The van der Waals surface area contributed by atoms with E-state index in [0.717, 1.165) is 37.5 Å². The quantitative estimate of drug-likeness (QED) is 0.694. The molecule has 0 bridgehead atoms. The summed E-state index contributed by atoms with van der Waals surface area (Å²) in [6, 6.07) is 19.3. The van der Waals surface area contributed by atoms with Crippen LogP contribution >= 0.6 is 0 Å². The first-order valence-electron chi connectivity index (χ1n) is 9.04. The predicted molar refractivity (Wildman–Crippen MR) is 102 cm³/mol. The Balaban J connectivity index is 1.69. The average molecular weight is 332 g/mol. The molecule has 2 heterocycles. The first kappa shape index (κ1) is 16.1. The van der Waals surface area contributed by atoms with E-state index >= 15 is 0 Å². The Morgan fingerprint density at radius 2 is 1.96 bits per heavy atom. The lowest BCUT2D eigenvalue weighted by Gasteiger charge is -2.23. The van der Waals surface area contributed by atoms with Gasteiger partial charge in [-0.25, -0.2) is 4.98 Å². The number of rotatable bonds is 3. The Hall–Kier alpha value is -2.39. The van der Waals surface area contributed by atoms with Gasteiger partial charge in [-0.05, 0) is 36.6 Å². The van der Waals surface area contributed by atoms with Crippen molar-refractivity contribution in [2.45, 2.75) is 39.5 Å². The molecule has 0 N–H and O–H groups in total. The number of hydrogen-bond donors (Lipinski definition) is 0. The normalized spacial score (nSPS) is 17.8. The number of fused-ring (bicyclic) bond motifs is 2. The molecule has 3 nitrogen and oxygen atoms in total. The molecule has 0 saturated carbocycles. The van der Waals surface area contributed by atoms with E-state index in [1.165, 1.54) is 22.1 Å². The van der Waals surface area contributed by atoms with Crippen molar-refractivity contribution in [1.29, 1.82) is 0 Å². The summed E-state index contributed by atoms with van der Waals surface area (Å²) in [4.78, 5) is 7.30. The van der Waals surface area contributed by atoms with Crippen LogP contribution in [0.4, 0.5) is 0 Å². The minimum Gasteiger partial charge on any atom is -0.473 e. The Morgan fingerprint density at radius 1 is 1.12 bits per heavy atom.